The van der Waals surface area contributed by atoms with Crippen LogP contribution in [-0.2, 0) is 32.5 Å². The fourth-order valence-corrected chi connectivity index (χ4v) is 8.98. The second-order valence-electron chi connectivity index (χ2n) is 26.9. The van der Waals surface area contributed by atoms with Gasteiger partial charge in [0.1, 0.15) is 40.3 Å². The minimum atomic E-state index is -0.104. The van der Waals surface area contributed by atoms with Crippen LogP contribution >= 0.6 is 11.6 Å². The highest BCUT2D eigenvalue weighted by molar-refractivity contribution is 6.31. The number of methoxy groups -OCH3 is 6. The summed E-state index contributed by atoms with van der Waals surface area (Å²) in [5.74, 6) is 5.53. The normalized spacial score (nSPS) is 11.4. The van der Waals surface area contributed by atoms with E-state index in [1.165, 1.54) is 45.0 Å². The molecule has 0 saturated heterocycles. The summed E-state index contributed by atoms with van der Waals surface area (Å²) in [7, 11) is 10.2. The predicted molar refractivity (Wildman–Crippen MR) is 350 cm³/mol. The van der Waals surface area contributed by atoms with Crippen molar-refractivity contribution < 1.29 is 32.8 Å². The zero-order valence-electron chi connectivity index (χ0n) is 55.4. The van der Waals surface area contributed by atoms with Crippen molar-refractivity contribution in [1.82, 2.24) is 0 Å². The van der Waals surface area contributed by atoms with Crippen molar-refractivity contribution in [3.63, 3.8) is 0 Å². The van der Waals surface area contributed by atoms with Crippen LogP contribution in [0.3, 0.4) is 0 Å². The minimum absolute atomic E-state index is 0. The van der Waals surface area contributed by atoms with E-state index < -0.39 is 0 Å². The van der Waals surface area contributed by atoms with Crippen LogP contribution in [0.2, 0.25) is 5.02 Å². The lowest BCUT2D eigenvalue weighted by molar-refractivity contribution is 0.386. The van der Waals surface area contributed by atoms with Crippen molar-refractivity contribution in [3.05, 3.63) is 175 Å². The summed E-state index contributed by atoms with van der Waals surface area (Å²) in [6.07, 6.45) is 0. The van der Waals surface area contributed by atoms with Gasteiger partial charge in [-0.1, -0.05) is 186 Å². The molecule has 0 bridgehead atoms. The van der Waals surface area contributed by atoms with Gasteiger partial charge in [-0.15, -0.1) is 0 Å². The van der Waals surface area contributed by atoms with E-state index in [-0.39, 0.29) is 45.7 Å². The van der Waals surface area contributed by atoms with Gasteiger partial charge in [-0.3, -0.25) is 0 Å². The Morgan fingerprint density at radius 2 is 0.667 bits per heavy atom. The molecule has 6 rings (SSSR count). The third-order valence-corrected chi connectivity index (χ3v) is 13.8. The first-order valence-electron chi connectivity index (χ1n) is 27.8. The molecule has 6 nitrogen and oxygen atoms in total. The second kappa shape index (κ2) is 31.7. The van der Waals surface area contributed by atoms with E-state index in [2.05, 4.69) is 173 Å². The quantitative estimate of drug-likeness (QED) is 0.166. The third kappa shape index (κ3) is 24.4. The first-order chi connectivity index (χ1) is 36.5. The summed E-state index contributed by atoms with van der Waals surface area (Å²) in [4.78, 5) is 0. The molecule has 0 fully saturated rings. The number of benzene rings is 6. The van der Waals surface area contributed by atoms with Crippen LogP contribution in [0.4, 0.5) is 4.39 Å². The van der Waals surface area contributed by atoms with E-state index in [4.69, 9.17) is 40.0 Å². The highest BCUT2D eigenvalue weighted by Crippen LogP contribution is 2.38. The Kier molecular flexibility index (Phi) is 29.5. The maximum Gasteiger partial charge on any atom is 0.126 e. The van der Waals surface area contributed by atoms with E-state index in [9.17, 15) is 4.39 Å². The SMILES string of the molecule is C.COc1cc(C(C)(C)C)c(OC)cc1C.COc1cc(C)c(Cl)cc1C(C)(C)C.COc1cc(C)ccc1C(C)(C)C.COc1ccc(C(C)(C)C)c(C)c1.COc1ccc(C)c(C(C)(C)C)c1.Cc1ccc(F)c(C(C)(C)C)c1. The summed E-state index contributed by atoms with van der Waals surface area (Å²) in [5.41, 5.74) is 14.8. The molecule has 81 heavy (non-hydrogen) atoms. The maximum atomic E-state index is 13.3. The van der Waals surface area contributed by atoms with Crippen molar-refractivity contribution in [2.75, 3.05) is 42.7 Å². The largest absolute Gasteiger partial charge is 0.497 e. The van der Waals surface area contributed by atoms with Crippen LogP contribution in [0, 0.1) is 47.4 Å². The van der Waals surface area contributed by atoms with Gasteiger partial charge in [-0.2, -0.15) is 0 Å². The molecule has 0 unspecified atom stereocenters. The lowest BCUT2D eigenvalue weighted by Gasteiger charge is -2.23. The summed E-state index contributed by atoms with van der Waals surface area (Å²) in [6.45, 7) is 51.2. The maximum absolute atomic E-state index is 13.3. The van der Waals surface area contributed by atoms with Gasteiger partial charge in [0.15, 0.2) is 0 Å². The van der Waals surface area contributed by atoms with Gasteiger partial charge in [0.05, 0.1) is 42.7 Å². The molecule has 6 aromatic rings. The summed E-state index contributed by atoms with van der Waals surface area (Å²) >= 11 is 6.09. The Balaban J connectivity index is 0.000000947. The number of hydrogen-bond donors (Lipinski definition) is 0. The molecule has 0 N–H and O–H groups in total. The van der Waals surface area contributed by atoms with Gasteiger partial charge in [0.2, 0.25) is 0 Å². The third-order valence-electron chi connectivity index (χ3n) is 13.4. The molecule has 6 aromatic carbocycles. The average Bonchev–Trinajstić information content (AvgIpc) is 3.34. The molecule has 0 spiro atoms. The lowest BCUT2D eigenvalue weighted by atomic mass is 9.84. The lowest BCUT2D eigenvalue weighted by Crippen LogP contribution is -2.13. The zero-order valence-corrected chi connectivity index (χ0v) is 56.2. The highest BCUT2D eigenvalue weighted by atomic mass is 35.5. The molecule has 8 heteroatoms. The number of ether oxygens (including phenoxy) is 6. The molecule has 0 aliphatic rings. The molecule has 0 saturated carbocycles. The van der Waals surface area contributed by atoms with Crippen molar-refractivity contribution in [3.8, 4) is 34.5 Å². The highest BCUT2D eigenvalue weighted by Gasteiger charge is 2.23. The Bertz CT molecular complexity index is 2870. The van der Waals surface area contributed by atoms with Crippen LogP contribution in [0.25, 0.3) is 0 Å². The molecular formula is C73H110ClFO6. The fourth-order valence-electron chi connectivity index (χ4n) is 8.82. The molecule has 452 valence electrons. The van der Waals surface area contributed by atoms with Crippen molar-refractivity contribution in [1.29, 1.82) is 0 Å². The van der Waals surface area contributed by atoms with Gasteiger partial charge in [-0.25, -0.2) is 4.39 Å². The molecule has 0 aliphatic carbocycles. The van der Waals surface area contributed by atoms with Crippen LogP contribution in [-0.4, -0.2) is 42.7 Å². The van der Waals surface area contributed by atoms with Crippen LogP contribution in [0.15, 0.2) is 97.1 Å². The minimum Gasteiger partial charge on any atom is -0.497 e. The molecule has 0 aliphatic heterocycles. The number of hydrogen-bond acceptors (Lipinski definition) is 6. The van der Waals surface area contributed by atoms with E-state index >= 15 is 0 Å². The van der Waals surface area contributed by atoms with E-state index in [1.807, 2.05) is 77.9 Å². The topological polar surface area (TPSA) is 55.4 Å². The van der Waals surface area contributed by atoms with Gasteiger partial charge >= 0.3 is 0 Å². The molecule has 0 atom stereocenters. The van der Waals surface area contributed by atoms with Gasteiger partial charge in [0.25, 0.3) is 0 Å². The summed E-state index contributed by atoms with van der Waals surface area (Å²) in [6, 6.07) is 32.2. The monoisotopic (exact) mass is 1140 g/mol. The Morgan fingerprint density at radius 3 is 1.07 bits per heavy atom. The molecule has 0 aromatic heterocycles. The molecule has 0 radical (unpaired) electrons. The van der Waals surface area contributed by atoms with Crippen molar-refractivity contribution in [2.45, 2.75) is 206 Å². The first-order valence-corrected chi connectivity index (χ1v) is 28.2. The van der Waals surface area contributed by atoms with Crippen molar-refractivity contribution >= 4 is 11.6 Å². The van der Waals surface area contributed by atoms with Crippen LogP contribution in [0.1, 0.15) is 199 Å². The van der Waals surface area contributed by atoms with Gasteiger partial charge < -0.3 is 28.4 Å². The zero-order chi connectivity index (χ0) is 62.1. The van der Waals surface area contributed by atoms with E-state index in [0.717, 1.165) is 67.3 Å². The Labute approximate surface area is 499 Å². The number of halogens is 2. The van der Waals surface area contributed by atoms with Crippen LogP contribution < -0.4 is 28.4 Å². The summed E-state index contributed by atoms with van der Waals surface area (Å²) < 4.78 is 45.1. The fraction of sp³-hybridized carbons (Fsp3) is 0.507. The first kappa shape index (κ1) is 75.3. The average molecular weight is 1140 g/mol. The smallest absolute Gasteiger partial charge is 0.126 e. The van der Waals surface area contributed by atoms with E-state index in [1.54, 1.807) is 48.7 Å². The standard InChI is InChI=1S/C13H20O2.C12H17ClO.3C12H18O.C11H15F.CH4/c1-9-7-12(15-6)10(13(2,3)4)8-11(9)14-5;1-8-6-11(14-5)9(7-10(8)13)12(2,3)4;1-9-8-10(13-5)6-7-11(9)12(2,3)4;1-9-6-7-10(13-5)8-11(9)12(2,3)4;1-9-6-7-10(12(2,3)4)11(8-9)13-5;1-8-5-6-10(12)9(7-8)11(2,3)4;/h7-8H,1-6H3;6-7H,1-5H3;3*6-8H,1-5H3;5-7H,1-4H3;1H4. The second-order valence-corrected chi connectivity index (χ2v) is 27.3. The molecule has 0 heterocycles. The van der Waals surface area contributed by atoms with Gasteiger partial charge in [0, 0.05) is 16.1 Å². The van der Waals surface area contributed by atoms with Crippen LogP contribution in [0.5, 0.6) is 34.5 Å². The summed E-state index contributed by atoms with van der Waals surface area (Å²) in [5, 5.41) is 0.802. The van der Waals surface area contributed by atoms with Crippen molar-refractivity contribution in [2.24, 2.45) is 0 Å². The number of aryl methyl sites for hydroxylation is 6. The molecule has 0 amide bonds. The Hall–Kier alpha value is -5.66. The van der Waals surface area contributed by atoms with Gasteiger partial charge in [-0.05, 0) is 185 Å². The Morgan fingerprint density at radius 1 is 0.296 bits per heavy atom. The van der Waals surface area contributed by atoms with E-state index in [0.29, 0.717) is 0 Å². The molecular weight excluding hydrogens is 1030 g/mol. The predicted octanol–water partition coefficient (Wildman–Crippen LogP) is 21.2. The number of rotatable bonds is 6.